The summed E-state index contributed by atoms with van der Waals surface area (Å²) in [6.45, 7) is 4.35. The van der Waals surface area contributed by atoms with E-state index in [0.29, 0.717) is 17.9 Å². The largest absolute Gasteiger partial charge is 0.368 e. The first-order valence-electron chi connectivity index (χ1n) is 7.29. The van der Waals surface area contributed by atoms with Gasteiger partial charge in [-0.25, -0.2) is 9.97 Å². The number of benzene rings is 1. The highest BCUT2D eigenvalue weighted by molar-refractivity contribution is 5.98. The number of nitrogens with two attached hydrogens (primary N) is 1. The van der Waals surface area contributed by atoms with Crippen LogP contribution in [0.4, 0.5) is 5.95 Å². The van der Waals surface area contributed by atoms with E-state index in [9.17, 15) is 4.79 Å². The minimum absolute atomic E-state index is 0.106. The van der Waals surface area contributed by atoms with Gasteiger partial charge in [-0.2, -0.15) is 0 Å². The molecule has 1 heterocycles. The third-order valence-electron chi connectivity index (χ3n) is 4.13. The second kappa shape index (κ2) is 5.28. The molecule has 4 nitrogen and oxygen atoms in total. The summed E-state index contributed by atoms with van der Waals surface area (Å²) in [6.07, 6.45) is 2.81. The zero-order chi connectivity index (χ0) is 15.0. The van der Waals surface area contributed by atoms with Crippen molar-refractivity contribution in [2.24, 2.45) is 0 Å². The van der Waals surface area contributed by atoms with Crippen LogP contribution in [0.3, 0.4) is 0 Å². The Hall–Kier alpha value is -2.23. The van der Waals surface area contributed by atoms with Crippen LogP contribution >= 0.6 is 0 Å². The summed E-state index contributed by atoms with van der Waals surface area (Å²) in [5.74, 6) is 1.03. The number of ketones is 1. The first-order chi connectivity index (χ1) is 10.0. The second-order valence-corrected chi connectivity index (χ2v) is 5.94. The number of Topliss-reactive ketones (excluding diaryl/α,β-unsaturated/α-hetero) is 1. The molecule has 4 heteroatoms. The van der Waals surface area contributed by atoms with Crippen LogP contribution in [0.25, 0.3) is 0 Å². The van der Waals surface area contributed by atoms with Crippen LogP contribution in [0.15, 0.2) is 30.5 Å². The Balaban J connectivity index is 1.89. The van der Waals surface area contributed by atoms with Crippen molar-refractivity contribution in [2.75, 3.05) is 5.73 Å². The molecule has 1 aliphatic carbocycles. The maximum atomic E-state index is 12.2. The number of nitrogen functional groups attached to an aromatic ring is 1. The van der Waals surface area contributed by atoms with Crippen molar-refractivity contribution >= 4 is 11.7 Å². The van der Waals surface area contributed by atoms with E-state index in [1.165, 1.54) is 11.1 Å². The molecule has 0 amide bonds. The number of nitrogens with zero attached hydrogens (tertiary/aromatic N) is 2. The predicted molar refractivity (Wildman–Crippen MR) is 82.4 cm³/mol. The monoisotopic (exact) mass is 281 g/mol. The molecule has 0 spiro atoms. The Morgan fingerprint density at radius 2 is 1.90 bits per heavy atom. The molecule has 1 aromatic carbocycles. The summed E-state index contributed by atoms with van der Waals surface area (Å²) < 4.78 is 0. The molecule has 0 aliphatic heterocycles. The lowest BCUT2D eigenvalue weighted by Crippen LogP contribution is -2.21. The molecule has 2 N–H and O–H groups in total. The summed E-state index contributed by atoms with van der Waals surface area (Å²) in [5.41, 5.74) is 9.53. The Labute approximate surface area is 124 Å². The van der Waals surface area contributed by atoms with Gasteiger partial charge in [-0.15, -0.1) is 0 Å². The van der Waals surface area contributed by atoms with Crippen molar-refractivity contribution in [1.29, 1.82) is 0 Å². The smallest absolute Gasteiger partial charge is 0.220 e. The lowest BCUT2D eigenvalue weighted by molar-refractivity contribution is 0.0963. The molecular weight excluding hydrogens is 262 g/mol. The maximum absolute atomic E-state index is 12.2. The van der Waals surface area contributed by atoms with E-state index in [1.54, 1.807) is 6.20 Å². The van der Waals surface area contributed by atoms with Crippen molar-refractivity contribution in [3.63, 3.8) is 0 Å². The fourth-order valence-corrected chi connectivity index (χ4v) is 2.85. The normalized spacial score (nSPS) is 17.9. The third kappa shape index (κ3) is 2.66. The van der Waals surface area contributed by atoms with E-state index in [0.717, 1.165) is 12.1 Å². The van der Waals surface area contributed by atoms with Gasteiger partial charge in [0, 0.05) is 12.6 Å². The van der Waals surface area contributed by atoms with Gasteiger partial charge >= 0.3 is 0 Å². The standard InChI is InChI=1S/C17H19N3O/c1-10(2)11-3-5-12(6-4-11)13-7-15-14(16(21)8-13)9-19-17(18)20-15/h3-6,9-10,13H,7-8H2,1-2H3,(H2,18,19,20)/t13-/m1/s1. The van der Waals surface area contributed by atoms with Gasteiger partial charge in [0.25, 0.3) is 0 Å². The summed E-state index contributed by atoms with van der Waals surface area (Å²) in [6, 6.07) is 8.55. The SMILES string of the molecule is CC(C)c1ccc([C@H]2CC(=O)c3cnc(N)nc3C2)cc1. The molecule has 0 radical (unpaired) electrons. The fraction of sp³-hybridized carbons (Fsp3) is 0.353. The molecule has 3 rings (SSSR count). The van der Waals surface area contributed by atoms with Crippen LogP contribution in [-0.2, 0) is 6.42 Å². The topological polar surface area (TPSA) is 68.9 Å². The van der Waals surface area contributed by atoms with E-state index in [4.69, 9.17) is 5.73 Å². The third-order valence-corrected chi connectivity index (χ3v) is 4.13. The summed E-state index contributed by atoms with van der Waals surface area (Å²) in [4.78, 5) is 20.4. The molecule has 1 atom stereocenters. The number of anilines is 1. The molecular formula is C17H19N3O. The minimum Gasteiger partial charge on any atom is -0.368 e. The minimum atomic E-state index is 0.106. The van der Waals surface area contributed by atoms with Crippen LogP contribution in [0.1, 0.15) is 59.3 Å². The number of fused-ring (bicyclic) bond motifs is 1. The van der Waals surface area contributed by atoms with Gasteiger partial charge in [0.1, 0.15) is 0 Å². The summed E-state index contributed by atoms with van der Waals surface area (Å²) in [7, 11) is 0. The molecule has 1 aromatic heterocycles. The van der Waals surface area contributed by atoms with Crippen molar-refractivity contribution in [3.05, 3.63) is 52.8 Å². The zero-order valence-corrected chi connectivity index (χ0v) is 12.3. The predicted octanol–water partition coefficient (Wildman–Crippen LogP) is 3.09. The molecule has 0 bridgehead atoms. The number of rotatable bonds is 2. The summed E-state index contributed by atoms with van der Waals surface area (Å²) >= 11 is 0. The molecule has 0 unspecified atom stereocenters. The Bertz CT molecular complexity index is 677. The van der Waals surface area contributed by atoms with Crippen LogP contribution in [0.5, 0.6) is 0 Å². The number of aromatic nitrogens is 2. The fourth-order valence-electron chi connectivity index (χ4n) is 2.85. The quantitative estimate of drug-likeness (QED) is 0.918. The highest BCUT2D eigenvalue weighted by atomic mass is 16.1. The van der Waals surface area contributed by atoms with Crippen molar-refractivity contribution in [2.45, 2.75) is 38.5 Å². The van der Waals surface area contributed by atoms with E-state index in [-0.39, 0.29) is 17.6 Å². The van der Waals surface area contributed by atoms with Gasteiger partial charge in [0.2, 0.25) is 5.95 Å². The average Bonchev–Trinajstić information content (AvgIpc) is 2.46. The number of carbonyl (C=O) groups is 1. The highest BCUT2D eigenvalue weighted by Gasteiger charge is 2.27. The van der Waals surface area contributed by atoms with Crippen LogP contribution < -0.4 is 5.73 Å². The zero-order valence-electron chi connectivity index (χ0n) is 12.3. The number of carbonyl (C=O) groups excluding carboxylic acids is 1. The van der Waals surface area contributed by atoms with Crippen molar-refractivity contribution in [1.82, 2.24) is 9.97 Å². The van der Waals surface area contributed by atoms with Gasteiger partial charge in [0.15, 0.2) is 5.78 Å². The van der Waals surface area contributed by atoms with E-state index >= 15 is 0 Å². The first kappa shape index (κ1) is 13.7. The van der Waals surface area contributed by atoms with Crippen molar-refractivity contribution in [3.8, 4) is 0 Å². The molecule has 1 aliphatic rings. The lowest BCUT2D eigenvalue weighted by atomic mass is 9.81. The van der Waals surface area contributed by atoms with Gasteiger partial charge in [-0.1, -0.05) is 38.1 Å². The van der Waals surface area contributed by atoms with Crippen LogP contribution in [0.2, 0.25) is 0 Å². The number of hydrogen-bond acceptors (Lipinski definition) is 4. The highest BCUT2D eigenvalue weighted by Crippen LogP contribution is 2.32. The molecule has 0 fully saturated rings. The van der Waals surface area contributed by atoms with Gasteiger partial charge in [-0.05, 0) is 29.4 Å². The van der Waals surface area contributed by atoms with Crippen LogP contribution in [-0.4, -0.2) is 15.8 Å². The molecule has 0 saturated heterocycles. The van der Waals surface area contributed by atoms with Crippen LogP contribution in [0, 0.1) is 0 Å². The first-order valence-corrected chi connectivity index (χ1v) is 7.29. The van der Waals surface area contributed by atoms with Gasteiger partial charge < -0.3 is 5.73 Å². The van der Waals surface area contributed by atoms with E-state index in [2.05, 4.69) is 48.1 Å². The molecule has 21 heavy (non-hydrogen) atoms. The Morgan fingerprint density at radius 3 is 2.57 bits per heavy atom. The van der Waals surface area contributed by atoms with E-state index in [1.807, 2.05) is 0 Å². The molecule has 0 saturated carbocycles. The maximum Gasteiger partial charge on any atom is 0.220 e. The van der Waals surface area contributed by atoms with E-state index < -0.39 is 0 Å². The van der Waals surface area contributed by atoms with Gasteiger partial charge in [-0.3, -0.25) is 4.79 Å². The second-order valence-electron chi connectivity index (χ2n) is 5.94. The lowest BCUT2D eigenvalue weighted by Gasteiger charge is -2.23. The number of hydrogen-bond donors (Lipinski definition) is 1. The van der Waals surface area contributed by atoms with Crippen molar-refractivity contribution < 1.29 is 4.79 Å². The van der Waals surface area contributed by atoms with Gasteiger partial charge in [0.05, 0.1) is 11.3 Å². The summed E-state index contributed by atoms with van der Waals surface area (Å²) in [5, 5.41) is 0. The Kier molecular flexibility index (Phi) is 3.45. The average molecular weight is 281 g/mol. The molecule has 2 aromatic rings. The Morgan fingerprint density at radius 1 is 1.19 bits per heavy atom. The molecule has 108 valence electrons.